The monoisotopic (exact) mass is 280 g/mol. The van der Waals surface area contributed by atoms with Crippen molar-refractivity contribution in [2.75, 3.05) is 26.2 Å². The molecule has 2 rings (SSSR count). The molecular formula is C18H36N2. The van der Waals surface area contributed by atoms with Crippen LogP contribution >= 0.6 is 0 Å². The van der Waals surface area contributed by atoms with Gasteiger partial charge in [0.25, 0.3) is 0 Å². The van der Waals surface area contributed by atoms with E-state index in [9.17, 15) is 0 Å². The topological polar surface area (TPSA) is 15.3 Å². The standard InChI is InChI=1S/C18H36N2/c1-15(2)11-19-13-18(9-5-6-10-18)14-20-12-16(3)7-8-17(20)4/h15-17,19H,5-14H2,1-4H3. The third-order valence-corrected chi connectivity index (χ3v) is 5.50. The van der Waals surface area contributed by atoms with Gasteiger partial charge in [-0.1, -0.05) is 33.6 Å². The van der Waals surface area contributed by atoms with Gasteiger partial charge in [0.2, 0.25) is 0 Å². The Balaban J connectivity index is 1.90. The van der Waals surface area contributed by atoms with E-state index in [1.54, 1.807) is 0 Å². The summed E-state index contributed by atoms with van der Waals surface area (Å²) in [7, 11) is 0. The maximum atomic E-state index is 3.76. The first-order valence-electron chi connectivity index (χ1n) is 8.95. The molecule has 1 saturated heterocycles. The number of nitrogens with one attached hydrogen (secondary N) is 1. The molecule has 0 aromatic heterocycles. The van der Waals surface area contributed by atoms with Crippen molar-refractivity contribution in [3.8, 4) is 0 Å². The molecule has 2 atom stereocenters. The Morgan fingerprint density at radius 3 is 2.50 bits per heavy atom. The minimum absolute atomic E-state index is 0.570. The Kier molecular flexibility index (Phi) is 5.92. The van der Waals surface area contributed by atoms with Crippen molar-refractivity contribution in [3.63, 3.8) is 0 Å². The second-order valence-electron chi connectivity index (χ2n) is 8.19. The first kappa shape index (κ1) is 16.3. The van der Waals surface area contributed by atoms with Crippen molar-refractivity contribution >= 4 is 0 Å². The van der Waals surface area contributed by atoms with E-state index < -0.39 is 0 Å². The Bertz CT molecular complexity index is 281. The van der Waals surface area contributed by atoms with Crippen LogP contribution in [0.1, 0.15) is 66.2 Å². The molecule has 0 aromatic rings. The molecule has 20 heavy (non-hydrogen) atoms. The van der Waals surface area contributed by atoms with Gasteiger partial charge in [-0.05, 0) is 56.4 Å². The van der Waals surface area contributed by atoms with Gasteiger partial charge in [-0.15, -0.1) is 0 Å². The molecule has 1 heterocycles. The van der Waals surface area contributed by atoms with Crippen LogP contribution in [-0.4, -0.2) is 37.1 Å². The summed E-state index contributed by atoms with van der Waals surface area (Å²) in [4.78, 5) is 2.80. The molecule has 2 fully saturated rings. The van der Waals surface area contributed by atoms with E-state index in [2.05, 4.69) is 37.9 Å². The molecule has 0 radical (unpaired) electrons. The predicted octanol–water partition coefficient (Wildman–Crippen LogP) is 3.91. The van der Waals surface area contributed by atoms with Gasteiger partial charge in [-0.25, -0.2) is 0 Å². The zero-order valence-electron chi connectivity index (χ0n) is 14.3. The number of likely N-dealkylation sites (tertiary alicyclic amines) is 1. The molecular weight excluding hydrogens is 244 g/mol. The Hall–Kier alpha value is -0.0800. The van der Waals surface area contributed by atoms with Crippen LogP contribution in [0.2, 0.25) is 0 Å². The van der Waals surface area contributed by atoms with E-state index in [0.29, 0.717) is 5.41 Å². The van der Waals surface area contributed by atoms with Crippen molar-refractivity contribution in [3.05, 3.63) is 0 Å². The second kappa shape index (κ2) is 7.26. The Morgan fingerprint density at radius 1 is 1.15 bits per heavy atom. The van der Waals surface area contributed by atoms with E-state index in [1.807, 2.05) is 0 Å². The summed E-state index contributed by atoms with van der Waals surface area (Å²) in [6, 6.07) is 0.800. The highest BCUT2D eigenvalue weighted by Crippen LogP contribution is 2.39. The molecule has 1 aliphatic heterocycles. The second-order valence-corrected chi connectivity index (χ2v) is 8.19. The Labute approximate surface area is 126 Å². The van der Waals surface area contributed by atoms with Crippen LogP contribution in [0.25, 0.3) is 0 Å². The maximum Gasteiger partial charge on any atom is 0.00673 e. The smallest absolute Gasteiger partial charge is 0.00673 e. The van der Waals surface area contributed by atoms with Crippen LogP contribution in [0, 0.1) is 17.3 Å². The molecule has 0 amide bonds. The van der Waals surface area contributed by atoms with E-state index in [0.717, 1.165) is 17.9 Å². The van der Waals surface area contributed by atoms with Gasteiger partial charge in [-0.3, -0.25) is 4.90 Å². The molecule has 0 aromatic carbocycles. The number of hydrogen-bond acceptors (Lipinski definition) is 2. The number of rotatable bonds is 6. The average molecular weight is 280 g/mol. The first-order valence-corrected chi connectivity index (χ1v) is 8.95. The lowest BCUT2D eigenvalue weighted by Crippen LogP contribution is -2.49. The fourth-order valence-electron chi connectivity index (χ4n) is 4.17. The molecule has 2 nitrogen and oxygen atoms in total. The lowest BCUT2D eigenvalue weighted by atomic mass is 9.83. The molecule has 2 heteroatoms. The fraction of sp³-hybridized carbons (Fsp3) is 1.00. The van der Waals surface area contributed by atoms with Gasteiger partial charge < -0.3 is 5.32 Å². The summed E-state index contributed by atoms with van der Waals surface area (Å²) in [5, 5.41) is 3.76. The quantitative estimate of drug-likeness (QED) is 0.793. The van der Waals surface area contributed by atoms with Crippen LogP contribution in [-0.2, 0) is 0 Å². The summed E-state index contributed by atoms with van der Waals surface area (Å²) < 4.78 is 0. The molecule has 1 N–H and O–H groups in total. The van der Waals surface area contributed by atoms with Crippen LogP contribution in [0.5, 0.6) is 0 Å². The summed E-state index contributed by atoms with van der Waals surface area (Å²) in [5.41, 5.74) is 0.570. The number of nitrogens with zero attached hydrogens (tertiary/aromatic N) is 1. The van der Waals surface area contributed by atoms with Crippen LogP contribution in [0.3, 0.4) is 0 Å². The summed E-state index contributed by atoms with van der Waals surface area (Å²) >= 11 is 0. The lowest BCUT2D eigenvalue weighted by Gasteiger charge is -2.43. The van der Waals surface area contributed by atoms with Gasteiger partial charge in [0, 0.05) is 25.7 Å². The number of piperidine rings is 1. The van der Waals surface area contributed by atoms with Gasteiger partial charge >= 0.3 is 0 Å². The van der Waals surface area contributed by atoms with Gasteiger partial charge in [0.15, 0.2) is 0 Å². The van der Waals surface area contributed by atoms with Crippen molar-refractivity contribution in [1.29, 1.82) is 0 Å². The minimum Gasteiger partial charge on any atom is -0.316 e. The van der Waals surface area contributed by atoms with Crippen LogP contribution in [0.4, 0.5) is 0 Å². The van der Waals surface area contributed by atoms with Gasteiger partial charge in [0.1, 0.15) is 0 Å². The normalized spacial score (nSPS) is 31.1. The van der Waals surface area contributed by atoms with E-state index >= 15 is 0 Å². The van der Waals surface area contributed by atoms with Crippen LogP contribution < -0.4 is 5.32 Å². The molecule has 2 unspecified atom stereocenters. The zero-order chi connectivity index (χ0) is 14.6. The molecule has 1 aliphatic carbocycles. The summed E-state index contributed by atoms with van der Waals surface area (Å²) in [5.74, 6) is 1.66. The molecule has 2 aliphatic rings. The van der Waals surface area contributed by atoms with E-state index in [-0.39, 0.29) is 0 Å². The van der Waals surface area contributed by atoms with E-state index in [4.69, 9.17) is 0 Å². The molecule has 118 valence electrons. The third kappa shape index (κ3) is 4.46. The molecule has 1 saturated carbocycles. The van der Waals surface area contributed by atoms with Gasteiger partial charge in [-0.2, -0.15) is 0 Å². The highest BCUT2D eigenvalue weighted by molar-refractivity contribution is 4.92. The predicted molar refractivity (Wildman–Crippen MR) is 88.0 cm³/mol. The maximum absolute atomic E-state index is 3.76. The third-order valence-electron chi connectivity index (χ3n) is 5.50. The highest BCUT2D eigenvalue weighted by atomic mass is 15.2. The van der Waals surface area contributed by atoms with Gasteiger partial charge in [0.05, 0.1) is 0 Å². The zero-order valence-corrected chi connectivity index (χ0v) is 14.3. The van der Waals surface area contributed by atoms with Crippen molar-refractivity contribution in [2.24, 2.45) is 17.3 Å². The fourth-order valence-corrected chi connectivity index (χ4v) is 4.17. The molecule has 0 bridgehead atoms. The SMILES string of the molecule is CC(C)CNCC1(CN2CC(C)CCC2C)CCCC1. The summed E-state index contributed by atoms with van der Waals surface area (Å²) in [6.07, 6.45) is 8.60. The average Bonchev–Trinajstić information content (AvgIpc) is 2.82. The molecule has 0 spiro atoms. The highest BCUT2D eigenvalue weighted by Gasteiger charge is 2.37. The van der Waals surface area contributed by atoms with Crippen molar-refractivity contribution in [1.82, 2.24) is 10.2 Å². The van der Waals surface area contributed by atoms with Crippen molar-refractivity contribution in [2.45, 2.75) is 72.3 Å². The van der Waals surface area contributed by atoms with Crippen molar-refractivity contribution < 1.29 is 0 Å². The first-order chi connectivity index (χ1) is 9.51. The summed E-state index contributed by atoms with van der Waals surface area (Å²) in [6.45, 7) is 14.6. The minimum atomic E-state index is 0.570. The van der Waals surface area contributed by atoms with E-state index in [1.165, 1.54) is 64.7 Å². The Morgan fingerprint density at radius 2 is 1.85 bits per heavy atom. The largest absolute Gasteiger partial charge is 0.316 e. The van der Waals surface area contributed by atoms with Crippen LogP contribution in [0.15, 0.2) is 0 Å². The lowest BCUT2D eigenvalue weighted by molar-refractivity contribution is 0.0672. The number of hydrogen-bond donors (Lipinski definition) is 1.